The summed E-state index contributed by atoms with van der Waals surface area (Å²) in [5.74, 6) is 0. The van der Waals surface area contributed by atoms with E-state index in [1.165, 1.54) is 32.1 Å². The van der Waals surface area contributed by atoms with E-state index < -0.39 is 0 Å². The molecule has 1 saturated carbocycles. The Bertz CT molecular complexity index is 77.3. The van der Waals surface area contributed by atoms with Crippen LogP contribution in [-0.4, -0.2) is 25.0 Å². The quantitative estimate of drug-likeness (QED) is 0.639. The summed E-state index contributed by atoms with van der Waals surface area (Å²) in [5.41, 5.74) is 0. The number of hydrogen-bond acceptors (Lipinski definition) is 1. The van der Waals surface area contributed by atoms with Gasteiger partial charge in [0.15, 0.2) is 0 Å². The molecule has 10 heavy (non-hydrogen) atoms. The molecule has 1 rings (SSSR count). The molecule has 0 aliphatic heterocycles. The number of rotatable bonds is 1. The first kappa shape index (κ1) is 10.4. The molecule has 0 heterocycles. The van der Waals surface area contributed by atoms with E-state index in [4.69, 9.17) is 0 Å². The summed E-state index contributed by atoms with van der Waals surface area (Å²) < 4.78 is 0. The smallest absolute Gasteiger partial charge is 0.00891 e. The molecule has 1 fully saturated rings. The molecule has 1 aliphatic carbocycles. The molecule has 1 nitrogen and oxygen atoms in total. The molecule has 0 N–H and O–H groups in total. The number of halogens is 1. The van der Waals surface area contributed by atoms with Gasteiger partial charge in [-0.3, -0.25) is 0 Å². The average Bonchev–Trinajstić information content (AvgIpc) is 1.90. The average molecular weight is 208 g/mol. The van der Waals surface area contributed by atoms with Crippen molar-refractivity contribution in [2.45, 2.75) is 38.1 Å². The van der Waals surface area contributed by atoms with Crippen LogP contribution in [0.25, 0.3) is 0 Å². The van der Waals surface area contributed by atoms with Gasteiger partial charge >= 0.3 is 0 Å². The molecule has 0 aromatic carbocycles. The summed E-state index contributed by atoms with van der Waals surface area (Å²) in [7, 11) is 4.38. The Kier molecular flexibility index (Phi) is 5.36. The van der Waals surface area contributed by atoms with Gasteiger partial charge in [0.05, 0.1) is 0 Å². The zero-order valence-electron chi connectivity index (χ0n) is 6.97. The molecule has 0 amide bonds. The van der Waals surface area contributed by atoms with Crippen molar-refractivity contribution >= 4 is 17.0 Å². The molecule has 0 saturated heterocycles. The van der Waals surface area contributed by atoms with E-state index in [0.29, 0.717) is 0 Å². The van der Waals surface area contributed by atoms with Crippen LogP contribution in [0, 0.1) is 0 Å². The van der Waals surface area contributed by atoms with E-state index in [1.807, 2.05) is 0 Å². The van der Waals surface area contributed by atoms with Gasteiger partial charge in [0.25, 0.3) is 0 Å². The van der Waals surface area contributed by atoms with Crippen LogP contribution in [0.5, 0.6) is 0 Å². The fourth-order valence-corrected chi connectivity index (χ4v) is 1.60. The van der Waals surface area contributed by atoms with Crippen LogP contribution in [-0.2, 0) is 0 Å². The minimum absolute atomic E-state index is 0. The van der Waals surface area contributed by atoms with E-state index in [1.54, 1.807) is 0 Å². The molecule has 0 unspecified atom stereocenters. The molecule has 0 aromatic heterocycles. The largest absolute Gasteiger partial charge is 0.306 e. The second-order valence-corrected chi connectivity index (χ2v) is 3.26. The predicted octanol–water partition coefficient (Wildman–Crippen LogP) is 2.46. The summed E-state index contributed by atoms with van der Waals surface area (Å²) in [4.78, 5) is 2.36. The van der Waals surface area contributed by atoms with Crippen LogP contribution < -0.4 is 0 Å². The maximum atomic E-state index is 2.36. The summed E-state index contributed by atoms with van der Waals surface area (Å²) in [6.45, 7) is 0. The molecule has 0 bridgehead atoms. The first-order chi connectivity index (χ1) is 4.30. The Labute approximate surface area is 74.6 Å². The van der Waals surface area contributed by atoms with Gasteiger partial charge in [-0.2, -0.15) is 0 Å². The van der Waals surface area contributed by atoms with Gasteiger partial charge < -0.3 is 4.90 Å². The summed E-state index contributed by atoms with van der Waals surface area (Å²) >= 11 is 0. The zero-order chi connectivity index (χ0) is 6.69. The molecule has 0 atom stereocenters. The summed E-state index contributed by atoms with van der Waals surface area (Å²) in [6, 6.07) is 0.888. The van der Waals surface area contributed by atoms with E-state index >= 15 is 0 Å². The molecule has 0 aromatic rings. The fourth-order valence-electron chi connectivity index (χ4n) is 1.60. The van der Waals surface area contributed by atoms with Crippen molar-refractivity contribution in [1.82, 2.24) is 4.90 Å². The lowest BCUT2D eigenvalue weighted by molar-refractivity contribution is 0.229. The predicted molar refractivity (Wildman–Crippen MR) is 50.9 cm³/mol. The van der Waals surface area contributed by atoms with Crippen molar-refractivity contribution in [2.75, 3.05) is 14.1 Å². The molecule has 0 radical (unpaired) electrons. The Hall–Kier alpha value is 0.440. The van der Waals surface area contributed by atoms with Gasteiger partial charge in [-0.1, -0.05) is 19.3 Å². The summed E-state index contributed by atoms with van der Waals surface area (Å²) in [5, 5.41) is 0. The second kappa shape index (κ2) is 5.14. The molecule has 62 valence electrons. The highest BCUT2D eigenvalue weighted by Crippen LogP contribution is 2.20. The Morgan fingerprint density at radius 3 is 1.80 bits per heavy atom. The highest BCUT2D eigenvalue weighted by molar-refractivity contribution is 8.93. The van der Waals surface area contributed by atoms with Gasteiger partial charge in [0.1, 0.15) is 0 Å². The van der Waals surface area contributed by atoms with Crippen molar-refractivity contribution in [1.29, 1.82) is 0 Å². The second-order valence-electron chi connectivity index (χ2n) is 3.26. The van der Waals surface area contributed by atoms with Crippen molar-refractivity contribution in [3.05, 3.63) is 0 Å². The fraction of sp³-hybridized carbons (Fsp3) is 1.00. The normalized spacial score (nSPS) is 20.7. The van der Waals surface area contributed by atoms with Crippen molar-refractivity contribution < 1.29 is 0 Å². The van der Waals surface area contributed by atoms with E-state index in [9.17, 15) is 0 Å². The SMILES string of the molecule is Br.CN(C)C1CCCCC1. The van der Waals surface area contributed by atoms with Gasteiger partial charge in [-0.25, -0.2) is 0 Å². The topological polar surface area (TPSA) is 3.24 Å². The van der Waals surface area contributed by atoms with E-state index in [0.717, 1.165) is 6.04 Å². The monoisotopic (exact) mass is 207 g/mol. The van der Waals surface area contributed by atoms with Crippen LogP contribution in [0.15, 0.2) is 0 Å². The minimum Gasteiger partial charge on any atom is -0.306 e. The van der Waals surface area contributed by atoms with Gasteiger partial charge in [-0.15, -0.1) is 17.0 Å². The van der Waals surface area contributed by atoms with Crippen molar-refractivity contribution in [3.8, 4) is 0 Å². The van der Waals surface area contributed by atoms with Crippen LogP contribution in [0.1, 0.15) is 32.1 Å². The Morgan fingerprint density at radius 2 is 1.50 bits per heavy atom. The molecule has 0 spiro atoms. The van der Waals surface area contributed by atoms with E-state index in [-0.39, 0.29) is 17.0 Å². The highest BCUT2D eigenvalue weighted by atomic mass is 79.9. The first-order valence-electron chi connectivity index (χ1n) is 3.97. The maximum Gasteiger partial charge on any atom is 0.00891 e. The molecule has 1 aliphatic rings. The standard InChI is InChI=1S/C8H17N.BrH/c1-9(2)8-6-4-3-5-7-8;/h8H,3-7H2,1-2H3;1H. The van der Waals surface area contributed by atoms with Crippen LogP contribution in [0.3, 0.4) is 0 Å². The van der Waals surface area contributed by atoms with Crippen molar-refractivity contribution in [2.24, 2.45) is 0 Å². The molecular formula is C8H18BrN. The number of nitrogens with zero attached hydrogens (tertiary/aromatic N) is 1. The first-order valence-corrected chi connectivity index (χ1v) is 3.97. The highest BCUT2D eigenvalue weighted by Gasteiger charge is 2.13. The third kappa shape index (κ3) is 3.02. The maximum absolute atomic E-state index is 2.36. The molecular weight excluding hydrogens is 190 g/mol. The Morgan fingerprint density at radius 1 is 1.00 bits per heavy atom. The van der Waals surface area contributed by atoms with Crippen LogP contribution in [0.4, 0.5) is 0 Å². The van der Waals surface area contributed by atoms with Gasteiger partial charge in [0, 0.05) is 6.04 Å². The van der Waals surface area contributed by atoms with E-state index in [2.05, 4.69) is 19.0 Å². The van der Waals surface area contributed by atoms with Gasteiger partial charge in [0.2, 0.25) is 0 Å². The van der Waals surface area contributed by atoms with Crippen LogP contribution >= 0.6 is 17.0 Å². The van der Waals surface area contributed by atoms with Crippen LogP contribution in [0.2, 0.25) is 0 Å². The Balaban J connectivity index is 0.000000810. The third-order valence-electron chi connectivity index (χ3n) is 2.30. The number of hydrogen-bond donors (Lipinski definition) is 0. The zero-order valence-corrected chi connectivity index (χ0v) is 8.68. The summed E-state index contributed by atoms with van der Waals surface area (Å²) in [6.07, 6.45) is 7.20. The molecule has 2 heteroatoms. The minimum atomic E-state index is 0. The lowest BCUT2D eigenvalue weighted by Gasteiger charge is -2.27. The van der Waals surface area contributed by atoms with Gasteiger partial charge in [-0.05, 0) is 26.9 Å². The van der Waals surface area contributed by atoms with Crippen molar-refractivity contribution in [3.63, 3.8) is 0 Å². The lowest BCUT2D eigenvalue weighted by Crippen LogP contribution is -2.29. The third-order valence-corrected chi connectivity index (χ3v) is 2.30. The lowest BCUT2D eigenvalue weighted by atomic mass is 9.95.